The van der Waals surface area contributed by atoms with Gasteiger partial charge in [-0.3, -0.25) is 10.1 Å². The topological polar surface area (TPSA) is 67.4 Å². The molecule has 32 heavy (non-hydrogen) atoms. The quantitative estimate of drug-likeness (QED) is 0.355. The Morgan fingerprint density at radius 2 is 1.53 bits per heavy atom. The molecule has 0 atom stereocenters. The van der Waals surface area contributed by atoms with Crippen LogP contribution in [-0.4, -0.2) is 11.9 Å². The molecule has 0 aromatic heterocycles. The molecule has 0 aliphatic carbocycles. The fourth-order valence-corrected chi connectivity index (χ4v) is 4.11. The van der Waals surface area contributed by atoms with Gasteiger partial charge in [-0.2, -0.15) is 0 Å². The van der Waals surface area contributed by atoms with Crippen molar-refractivity contribution in [3.8, 4) is 11.5 Å². The Hall–Kier alpha value is -2.15. The Bertz CT molecular complexity index is 1210. The van der Waals surface area contributed by atoms with Crippen molar-refractivity contribution in [3.63, 3.8) is 0 Å². The fourth-order valence-electron chi connectivity index (χ4n) is 2.81. The molecule has 0 unspecified atom stereocenters. The Morgan fingerprint density at radius 1 is 0.875 bits per heavy atom. The standard InChI is InChI=1S/C22H15Cl5N2O3/c1-10-8-16(28-22(31)29-21(30)18-13(24)4-3-5-14(18)25)11(2)19(27)20(10)32-17-7-6-12(23)9-15(17)26/h3-9H,1-2H3,(H2,28,29,30,31). The molecule has 0 aliphatic heterocycles. The SMILES string of the molecule is Cc1cc(NC(=O)NC(=O)c2c(Cl)cccc2Cl)c(C)c(Cl)c1Oc1ccc(Cl)cc1Cl. The molecule has 10 heteroatoms. The molecule has 0 bridgehead atoms. The van der Waals surface area contributed by atoms with Crippen LogP contribution in [0, 0.1) is 13.8 Å². The van der Waals surface area contributed by atoms with E-state index in [1.807, 2.05) is 0 Å². The van der Waals surface area contributed by atoms with Crippen LogP contribution in [0.1, 0.15) is 21.5 Å². The van der Waals surface area contributed by atoms with E-state index in [2.05, 4.69) is 10.6 Å². The highest BCUT2D eigenvalue weighted by Gasteiger charge is 2.20. The number of benzene rings is 3. The summed E-state index contributed by atoms with van der Waals surface area (Å²) in [5, 5.41) is 6.11. The number of anilines is 1. The van der Waals surface area contributed by atoms with Gasteiger partial charge in [0.15, 0.2) is 0 Å². The number of ether oxygens (including phenoxy) is 1. The highest BCUT2D eigenvalue weighted by Crippen LogP contribution is 2.41. The minimum Gasteiger partial charge on any atom is -0.454 e. The maximum absolute atomic E-state index is 12.4. The number of halogens is 5. The van der Waals surface area contributed by atoms with E-state index >= 15 is 0 Å². The van der Waals surface area contributed by atoms with E-state index in [0.717, 1.165) is 0 Å². The van der Waals surface area contributed by atoms with Gasteiger partial charge in [-0.1, -0.05) is 64.1 Å². The number of aryl methyl sites for hydroxylation is 1. The maximum Gasteiger partial charge on any atom is 0.326 e. The van der Waals surface area contributed by atoms with Gasteiger partial charge >= 0.3 is 6.03 Å². The van der Waals surface area contributed by atoms with Gasteiger partial charge in [0.2, 0.25) is 0 Å². The summed E-state index contributed by atoms with van der Waals surface area (Å²) in [6, 6.07) is 10.3. The summed E-state index contributed by atoms with van der Waals surface area (Å²) in [5.41, 5.74) is 1.54. The van der Waals surface area contributed by atoms with Crippen LogP contribution in [0.3, 0.4) is 0 Å². The molecule has 0 saturated heterocycles. The largest absolute Gasteiger partial charge is 0.454 e. The van der Waals surface area contributed by atoms with Crippen LogP contribution in [-0.2, 0) is 0 Å². The summed E-state index contributed by atoms with van der Waals surface area (Å²) in [5.74, 6) is 0.00955. The van der Waals surface area contributed by atoms with E-state index in [4.69, 9.17) is 62.7 Å². The molecular formula is C22H15Cl5N2O3. The Balaban J connectivity index is 1.80. The van der Waals surface area contributed by atoms with Crippen molar-refractivity contribution in [1.82, 2.24) is 5.32 Å². The lowest BCUT2D eigenvalue weighted by Gasteiger charge is -2.17. The van der Waals surface area contributed by atoms with Crippen LogP contribution in [0.15, 0.2) is 42.5 Å². The van der Waals surface area contributed by atoms with Gasteiger partial charge in [-0.15, -0.1) is 0 Å². The van der Waals surface area contributed by atoms with Gasteiger partial charge in [0.1, 0.15) is 11.5 Å². The Kier molecular flexibility index (Phi) is 7.80. The lowest BCUT2D eigenvalue weighted by Crippen LogP contribution is -2.34. The average molecular weight is 533 g/mol. The summed E-state index contributed by atoms with van der Waals surface area (Å²) in [6.07, 6.45) is 0. The molecule has 3 amide bonds. The van der Waals surface area contributed by atoms with Crippen LogP contribution in [0.2, 0.25) is 25.1 Å². The number of hydrogen-bond donors (Lipinski definition) is 2. The summed E-state index contributed by atoms with van der Waals surface area (Å²) in [7, 11) is 0. The molecule has 3 aromatic rings. The first-order chi connectivity index (χ1) is 15.1. The molecule has 0 radical (unpaired) electrons. The molecule has 5 nitrogen and oxygen atoms in total. The lowest BCUT2D eigenvalue weighted by atomic mass is 10.1. The van der Waals surface area contributed by atoms with Crippen molar-refractivity contribution in [2.75, 3.05) is 5.32 Å². The van der Waals surface area contributed by atoms with Gasteiger partial charge in [-0.05, 0) is 61.4 Å². The third-order valence-corrected chi connectivity index (χ3v) is 6.04. The average Bonchev–Trinajstić information content (AvgIpc) is 2.70. The van der Waals surface area contributed by atoms with E-state index in [9.17, 15) is 9.59 Å². The van der Waals surface area contributed by atoms with E-state index in [0.29, 0.717) is 38.4 Å². The molecule has 0 heterocycles. The van der Waals surface area contributed by atoms with E-state index in [1.165, 1.54) is 12.1 Å². The third-order valence-electron chi connectivity index (χ3n) is 4.42. The summed E-state index contributed by atoms with van der Waals surface area (Å²) < 4.78 is 5.88. The molecular weight excluding hydrogens is 518 g/mol. The molecule has 3 rings (SSSR count). The highest BCUT2D eigenvalue weighted by atomic mass is 35.5. The molecule has 0 aliphatic rings. The first kappa shape index (κ1) is 24.5. The number of imide groups is 1. The summed E-state index contributed by atoms with van der Waals surface area (Å²) >= 11 is 30.6. The minimum absolute atomic E-state index is 0.000472. The van der Waals surface area contributed by atoms with Crippen molar-refractivity contribution in [2.24, 2.45) is 0 Å². The maximum atomic E-state index is 12.4. The summed E-state index contributed by atoms with van der Waals surface area (Å²) in [6.45, 7) is 3.45. The van der Waals surface area contributed by atoms with Crippen molar-refractivity contribution < 1.29 is 14.3 Å². The first-order valence-electron chi connectivity index (χ1n) is 9.07. The van der Waals surface area contributed by atoms with E-state index < -0.39 is 11.9 Å². The van der Waals surface area contributed by atoms with Crippen LogP contribution in [0.25, 0.3) is 0 Å². The van der Waals surface area contributed by atoms with Gasteiger partial charge in [-0.25, -0.2) is 4.79 Å². The van der Waals surface area contributed by atoms with Crippen molar-refractivity contribution in [3.05, 3.63) is 84.3 Å². The van der Waals surface area contributed by atoms with Crippen LogP contribution in [0.4, 0.5) is 10.5 Å². The first-order valence-corrected chi connectivity index (χ1v) is 11.0. The summed E-state index contributed by atoms with van der Waals surface area (Å²) in [4.78, 5) is 24.8. The van der Waals surface area contributed by atoms with Crippen LogP contribution >= 0.6 is 58.0 Å². The highest BCUT2D eigenvalue weighted by molar-refractivity contribution is 6.40. The van der Waals surface area contributed by atoms with Gasteiger partial charge in [0.05, 0.1) is 25.7 Å². The molecule has 0 spiro atoms. The van der Waals surface area contributed by atoms with Gasteiger partial charge < -0.3 is 10.1 Å². The molecule has 0 saturated carbocycles. The predicted octanol–water partition coefficient (Wildman–Crippen LogP) is 8.32. The van der Waals surface area contributed by atoms with Crippen molar-refractivity contribution in [2.45, 2.75) is 13.8 Å². The van der Waals surface area contributed by atoms with Crippen LogP contribution in [0.5, 0.6) is 11.5 Å². The second-order valence-electron chi connectivity index (χ2n) is 6.69. The predicted molar refractivity (Wildman–Crippen MR) is 130 cm³/mol. The van der Waals surface area contributed by atoms with Crippen molar-refractivity contribution in [1.29, 1.82) is 0 Å². The number of amides is 3. The number of nitrogens with one attached hydrogen (secondary N) is 2. The zero-order valence-corrected chi connectivity index (χ0v) is 20.4. The Labute approximate surface area is 209 Å². The van der Waals surface area contributed by atoms with Crippen molar-refractivity contribution >= 4 is 75.6 Å². The Morgan fingerprint density at radius 3 is 2.16 bits per heavy atom. The minimum atomic E-state index is -0.779. The smallest absolute Gasteiger partial charge is 0.326 e. The number of carbonyl (C=O) groups is 2. The molecule has 2 N–H and O–H groups in total. The molecule has 3 aromatic carbocycles. The monoisotopic (exact) mass is 530 g/mol. The van der Waals surface area contributed by atoms with E-state index in [1.54, 1.807) is 44.2 Å². The second kappa shape index (κ2) is 10.2. The third kappa shape index (κ3) is 5.42. The number of carbonyl (C=O) groups excluding carboxylic acids is 2. The van der Waals surface area contributed by atoms with E-state index in [-0.39, 0.29) is 20.6 Å². The zero-order chi connectivity index (χ0) is 23.6. The normalized spacial score (nSPS) is 10.6. The number of hydrogen-bond acceptors (Lipinski definition) is 3. The molecule has 0 fully saturated rings. The zero-order valence-electron chi connectivity index (χ0n) is 16.7. The number of urea groups is 1. The lowest BCUT2D eigenvalue weighted by molar-refractivity contribution is 0.0967. The van der Waals surface area contributed by atoms with Gasteiger partial charge in [0, 0.05) is 10.7 Å². The second-order valence-corrected chi connectivity index (χ2v) is 8.73. The molecule has 166 valence electrons. The fraction of sp³-hybridized carbons (Fsp3) is 0.0909. The van der Waals surface area contributed by atoms with Gasteiger partial charge in [0.25, 0.3) is 5.91 Å². The number of rotatable bonds is 4. The van der Waals surface area contributed by atoms with Crippen LogP contribution < -0.4 is 15.4 Å².